The Morgan fingerprint density at radius 3 is 2.61 bits per heavy atom. The summed E-state index contributed by atoms with van der Waals surface area (Å²) in [6.45, 7) is 0.566. The van der Waals surface area contributed by atoms with E-state index in [1.807, 2.05) is 6.07 Å². The molecule has 18 heavy (non-hydrogen) atoms. The first-order valence-electron chi connectivity index (χ1n) is 5.34. The van der Waals surface area contributed by atoms with Crippen LogP contribution in [-0.2, 0) is 16.4 Å². The van der Waals surface area contributed by atoms with Crippen LogP contribution in [0.2, 0.25) is 10.0 Å². The van der Waals surface area contributed by atoms with Crippen molar-refractivity contribution in [2.75, 3.05) is 11.5 Å². The van der Waals surface area contributed by atoms with Gasteiger partial charge >= 0.3 is 0 Å². The van der Waals surface area contributed by atoms with Crippen molar-refractivity contribution >= 4 is 45.4 Å². The number of halogens is 3. The summed E-state index contributed by atoms with van der Waals surface area (Å²) < 4.78 is 22.6. The van der Waals surface area contributed by atoms with E-state index in [1.165, 1.54) is 0 Å². The molecule has 1 saturated heterocycles. The van der Waals surface area contributed by atoms with Gasteiger partial charge in [-0.05, 0) is 24.1 Å². The number of benzene rings is 1. The molecule has 2 rings (SSSR count). The monoisotopic (exact) mass is 329 g/mol. The molecular formula is C11H14Cl3NO2S. The summed E-state index contributed by atoms with van der Waals surface area (Å²) in [4.78, 5) is 0. The van der Waals surface area contributed by atoms with Gasteiger partial charge in [0, 0.05) is 22.6 Å². The molecule has 7 heteroatoms. The first-order valence-corrected chi connectivity index (χ1v) is 7.92. The maximum absolute atomic E-state index is 11.3. The van der Waals surface area contributed by atoms with Crippen molar-refractivity contribution in [2.24, 2.45) is 0 Å². The molecule has 0 spiro atoms. The Morgan fingerprint density at radius 1 is 1.33 bits per heavy atom. The van der Waals surface area contributed by atoms with E-state index in [4.69, 9.17) is 23.2 Å². The molecule has 1 aromatic rings. The fourth-order valence-corrected chi connectivity index (χ4v) is 4.06. The van der Waals surface area contributed by atoms with Crippen LogP contribution in [0.1, 0.15) is 12.0 Å². The molecule has 0 aliphatic carbocycles. The molecule has 0 saturated carbocycles. The number of nitrogens with one attached hydrogen (secondary N) is 1. The molecule has 1 unspecified atom stereocenters. The maximum Gasteiger partial charge on any atom is 0.151 e. The third-order valence-corrected chi connectivity index (χ3v) is 5.18. The van der Waals surface area contributed by atoms with Gasteiger partial charge in [0.15, 0.2) is 9.84 Å². The molecule has 1 aromatic carbocycles. The van der Waals surface area contributed by atoms with E-state index in [-0.39, 0.29) is 30.0 Å². The summed E-state index contributed by atoms with van der Waals surface area (Å²) in [5.74, 6) is 0.497. The molecular weight excluding hydrogens is 317 g/mol. The van der Waals surface area contributed by atoms with E-state index < -0.39 is 9.84 Å². The van der Waals surface area contributed by atoms with Crippen molar-refractivity contribution < 1.29 is 8.42 Å². The summed E-state index contributed by atoms with van der Waals surface area (Å²) >= 11 is 11.8. The van der Waals surface area contributed by atoms with Crippen LogP contribution in [0.5, 0.6) is 0 Å². The predicted octanol–water partition coefficient (Wildman–Crippen LogP) is 2.69. The van der Waals surface area contributed by atoms with Gasteiger partial charge in [0.05, 0.1) is 11.5 Å². The fourth-order valence-electron chi connectivity index (χ4n) is 1.88. The standard InChI is InChI=1S/C11H13Cl2NO2S.ClH/c12-9-2-1-8(11(13)5-9)6-14-10-3-4-17(15,16)7-10;/h1-2,5,10,14H,3-4,6-7H2;1H. The van der Waals surface area contributed by atoms with E-state index in [9.17, 15) is 8.42 Å². The number of sulfone groups is 1. The number of hydrogen-bond acceptors (Lipinski definition) is 3. The predicted molar refractivity (Wildman–Crippen MR) is 77.6 cm³/mol. The molecule has 102 valence electrons. The smallest absolute Gasteiger partial charge is 0.151 e. The van der Waals surface area contributed by atoms with Gasteiger partial charge in [-0.25, -0.2) is 8.42 Å². The lowest BCUT2D eigenvalue weighted by molar-refractivity contribution is 0.554. The third-order valence-electron chi connectivity index (χ3n) is 2.83. The van der Waals surface area contributed by atoms with Gasteiger partial charge in [-0.3, -0.25) is 0 Å². The zero-order valence-electron chi connectivity index (χ0n) is 9.53. The minimum absolute atomic E-state index is 0. The Hall–Kier alpha value is -0.000000000000000111. The third kappa shape index (κ3) is 4.28. The highest BCUT2D eigenvalue weighted by molar-refractivity contribution is 7.91. The first kappa shape index (κ1) is 16.1. The van der Waals surface area contributed by atoms with Gasteiger partial charge in [0.1, 0.15) is 0 Å². The zero-order valence-corrected chi connectivity index (χ0v) is 12.7. The lowest BCUT2D eigenvalue weighted by Gasteiger charge is -2.11. The molecule has 0 radical (unpaired) electrons. The van der Waals surface area contributed by atoms with Crippen LogP contribution in [0.15, 0.2) is 18.2 Å². The second-order valence-electron chi connectivity index (χ2n) is 4.22. The molecule has 1 atom stereocenters. The normalized spacial score (nSPS) is 21.6. The van der Waals surface area contributed by atoms with Crippen molar-refractivity contribution in [1.82, 2.24) is 5.32 Å². The molecule has 1 fully saturated rings. The second kappa shape index (κ2) is 6.44. The van der Waals surface area contributed by atoms with Crippen molar-refractivity contribution in [2.45, 2.75) is 19.0 Å². The largest absolute Gasteiger partial charge is 0.309 e. The van der Waals surface area contributed by atoms with E-state index in [0.717, 1.165) is 5.56 Å². The van der Waals surface area contributed by atoms with Gasteiger partial charge in [-0.2, -0.15) is 0 Å². The second-order valence-corrected chi connectivity index (χ2v) is 7.29. The van der Waals surface area contributed by atoms with Crippen LogP contribution in [0, 0.1) is 0 Å². The van der Waals surface area contributed by atoms with Crippen molar-refractivity contribution in [1.29, 1.82) is 0 Å². The Morgan fingerprint density at radius 2 is 2.06 bits per heavy atom. The van der Waals surface area contributed by atoms with Gasteiger partial charge in [0.25, 0.3) is 0 Å². The van der Waals surface area contributed by atoms with Crippen LogP contribution in [-0.4, -0.2) is 26.0 Å². The average Bonchev–Trinajstić information content (AvgIpc) is 2.57. The fraction of sp³-hybridized carbons (Fsp3) is 0.455. The Kier molecular flexibility index (Phi) is 5.74. The SMILES string of the molecule is Cl.O=S1(=O)CCC(NCc2ccc(Cl)cc2Cl)C1. The van der Waals surface area contributed by atoms with Crippen LogP contribution < -0.4 is 5.32 Å². The number of hydrogen-bond donors (Lipinski definition) is 1. The molecule has 1 aliphatic heterocycles. The zero-order chi connectivity index (χ0) is 12.5. The Labute approximate surface area is 123 Å². The van der Waals surface area contributed by atoms with E-state index in [0.29, 0.717) is 23.0 Å². The summed E-state index contributed by atoms with van der Waals surface area (Å²) in [5.41, 5.74) is 0.931. The van der Waals surface area contributed by atoms with E-state index in [2.05, 4.69) is 5.32 Å². The lowest BCUT2D eigenvalue weighted by atomic mass is 10.2. The highest BCUT2D eigenvalue weighted by Crippen LogP contribution is 2.21. The molecule has 3 nitrogen and oxygen atoms in total. The van der Waals surface area contributed by atoms with Gasteiger partial charge < -0.3 is 5.32 Å². The minimum atomic E-state index is -2.83. The molecule has 1 aliphatic rings. The quantitative estimate of drug-likeness (QED) is 0.927. The number of rotatable bonds is 3. The lowest BCUT2D eigenvalue weighted by Crippen LogP contribution is -2.29. The molecule has 0 aromatic heterocycles. The molecule has 1 N–H and O–H groups in total. The van der Waals surface area contributed by atoms with Crippen LogP contribution in [0.3, 0.4) is 0 Å². The van der Waals surface area contributed by atoms with Crippen LogP contribution >= 0.6 is 35.6 Å². The summed E-state index contributed by atoms with van der Waals surface area (Å²) in [6, 6.07) is 5.34. The minimum Gasteiger partial charge on any atom is -0.309 e. The Balaban J connectivity index is 0.00000162. The van der Waals surface area contributed by atoms with E-state index in [1.54, 1.807) is 12.1 Å². The van der Waals surface area contributed by atoms with Gasteiger partial charge in [0.2, 0.25) is 0 Å². The van der Waals surface area contributed by atoms with Crippen LogP contribution in [0.4, 0.5) is 0 Å². The molecule has 0 amide bonds. The van der Waals surface area contributed by atoms with Gasteiger partial charge in [-0.1, -0.05) is 29.3 Å². The maximum atomic E-state index is 11.3. The summed E-state index contributed by atoms with van der Waals surface area (Å²) in [5, 5.41) is 4.41. The molecule has 1 heterocycles. The first-order chi connectivity index (χ1) is 7.96. The topological polar surface area (TPSA) is 46.2 Å². The van der Waals surface area contributed by atoms with Crippen molar-refractivity contribution in [3.8, 4) is 0 Å². The summed E-state index contributed by atoms with van der Waals surface area (Å²) in [7, 11) is -2.83. The van der Waals surface area contributed by atoms with Crippen LogP contribution in [0.25, 0.3) is 0 Å². The van der Waals surface area contributed by atoms with E-state index >= 15 is 0 Å². The average molecular weight is 331 g/mol. The van der Waals surface area contributed by atoms with Crippen molar-refractivity contribution in [3.63, 3.8) is 0 Å². The highest BCUT2D eigenvalue weighted by atomic mass is 35.5. The van der Waals surface area contributed by atoms with Crippen molar-refractivity contribution in [3.05, 3.63) is 33.8 Å². The Bertz CT molecular complexity index is 519. The highest BCUT2D eigenvalue weighted by Gasteiger charge is 2.27. The summed E-state index contributed by atoms with van der Waals surface area (Å²) in [6.07, 6.45) is 0.674. The van der Waals surface area contributed by atoms with Gasteiger partial charge in [-0.15, -0.1) is 12.4 Å². The molecule has 0 bridgehead atoms.